The van der Waals surface area contributed by atoms with Gasteiger partial charge in [0.2, 0.25) is 0 Å². The quantitative estimate of drug-likeness (QED) is 0.517. The summed E-state index contributed by atoms with van der Waals surface area (Å²) in [5, 5.41) is 0. The van der Waals surface area contributed by atoms with Crippen LogP contribution in [0.1, 0.15) is 19.8 Å². The first-order valence-corrected chi connectivity index (χ1v) is 3.57. The second kappa shape index (κ2) is 2.97. The molecule has 1 saturated heterocycles. The lowest BCUT2D eigenvalue weighted by atomic mass is 10.2. The average molecular weight is 127 g/mol. The fraction of sp³-hybridized carbons (Fsp3) is 0.857. The van der Waals surface area contributed by atoms with Crippen LogP contribution < -0.4 is 0 Å². The van der Waals surface area contributed by atoms with Crippen molar-refractivity contribution in [1.29, 1.82) is 0 Å². The molecule has 1 heterocycles. The molecule has 0 aromatic rings. The molecule has 0 unspecified atom stereocenters. The molecule has 1 rings (SSSR count). The van der Waals surface area contributed by atoms with Crippen molar-refractivity contribution in [2.24, 2.45) is 0 Å². The molecule has 0 N–H and O–H groups in total. The van der Waals surface area contributed by atoms with Gasteiger partial charge in [-0.05, 0) is 0 Å². The highest BCUT2D eigenvalue weighted by Crippen LogP contribution is 2.04. The van der Waals surface area contributed by atoms with Gasteiger partial charge in [0.25, 0.3) is 0 Å². The Bertz CT molecular complexity index is 107. The zero-order valence-corrected chi connectivity index (χ0v) is 5.89. The normalized spacial score (nSPS) is 17.9. The Morgan fingerprint density at radius 1 is 1.56 bits per heavy atom. The Balaban J connectivity index is 1.96. The van der Waals surface area contributed by atoms with Gasteiger partial charge in [0.05, 0.1) is 0 Å². The smallest absolute Gasteiger partial charge is 0.133 e. The van der Waals surface area contributed by atoms with Crippen molar-refractivity contribution in [3.63, 3.8) is 0 Å². The summed E-state index contributed by atoms with van der Waals surface area (Å²) in [5.74, 6) is 0.391. The van der Waals surface area contributed by atoms with Gasteiger partial charge in [-0.2, -0.15) is 0 Å². The number of hydrogen-bond donors (Lipinski definition) is 0. The molecule has 0 bridgehead atoms. The average Bonchev–Trinajstić information content (AvgIpc) is 2.65. The molecule has 2 heteroatoms. The van der Waals surface area contributed by atoms with E-state index in [2.05, 4.69) is 4.90 Å². The summed E-state index contributed by atoms with van der Waals surface area (Å²) in [5.41, 5.74) is 0. The summed E-state index contributed by atoms with van der Waals surface area (Å²) in [4.78, 5) is 13.0. The Morgan fingerprint density at radius 3 is 2.67 bits per heavy atom. The summed E-state index contributed by atoms with van der Waals surface area (Å²) < 4.78 is 0. The molecule has 0 aromatic carbocycles. The molecule has 9 heavy (non-hydrogen) atoms. The number of Topliss-reactive ketones (excluding diaryl/α,β-unsaturated/α-hetero) is 1. The van der Waals surface area contributed by atoms with Gasteiger partial charge in [-0.25, -0.2) is 0 Å². The van der Waals surface area contributed by atoms with Gasteiger partial charge < -0.3 is 4.90 Å². The van der Waals surface area contributed by atoms with E-state index in [1.165, 1.54) is 13.1 Å². The molecule has 0 amide bonds. The van der Waals surface area contributed by atoms with Crippen molar-refractivity contribution >= 4 is 5.78 Å². The number of ketones is 1. The number of nitrogens with zero attached hydrogens (tertiary/aromatic N) is 1. The zero-order valence-electron chi connectivity index (χ0n) is 5.89. The van der Waals surface area contributed by atoms with E-state index in [-0.39, 0.29) is 0 Å². The van der Waals surface area contributed by atoms with Crippen LogP contribution in [0.25, 0.3) is 0 Å². The number of hydrogen-bond acceptors (Lipinski definition) is 2. The minimum absolute atomic E-state index is 0.391. The summed E-state index contributed by atoms with van der Waals surface area (Å²) in [7, 11) is 0. The van der Waals surface area contributed by atoms with Gasteiger partial charge >= 0.3 is 0 Å². The highest BCUT2D eigenvalue weighted by atomic mass is 16.1. The molecular formula is C7H13NO. The predicted molar refractivity (Wildman–Crippen MR) is 36.4 cm³/mol. The van der Waals surface area contributed by atoms with Crippen LogP contribution in [0.15, 0.2) is 0 Å². The van der Waals surface area contributed by atoms with Crippen molar-refractivity contribution in [3.05, 3.63) is 0 Å². The summed E-state index contributed by atoms with van der Waals surface area (Å²) in [6.45, 7) is 5.32. The molecule has 1 aliphatic heterocycles. The summed E-state index contributed by atoms with van der Waals surface area (Å²) >= 11 is 0. The molecule has 0 saturated carbocycles. The van der Waals surface area contributed by atoms with Crippen molar-refractivity contribution in [3.8, 4) is 0 Å². The largest absolute Gasteiger partial charge is 0.300 e. The van der Waals surface area contributed by atoms with E-state index < -0.39 is 0 Å². The van der Waals surface area contributed by atoms with Crippen LogP contribution in [-0.2, 0) is 4.79 Å². The monoisotopic (exact) mass is 127 g/mol. The van der Waals surface area contributed by atoms with Crippen LogP contribution in [0.3, 0.4) is 0 Å². The third kappa shape index (κ3) is 2.61. The summed E-state index contributed by atoms with van der Waals surface area (Å²) in [6.07, 6.45) is 1.46. The minimum Gasteiger partial charge on any atom is -0.300 e. The fourth-order valence-corrected chi connectivity index (χ4v) is 0.754. The van der Waals surface area contributed by atoms with Crippen LogP contribution >= 0.6 is 0 Å². The molecule has 0 radical (unpaired) electrons. The first-order chi connectivity index (χ1) is 4.33. The number of carbonyl (C=O) groups excluding carboxylic acids is 1. The first-order valence-electron chi connectivity index (χ1n) is 3.57. The maximum absolute atomic E-state index is 10.7. The van der Waals surface area contributed by atoms with Gasteiger partial charge in [0.15, 0.2) is 0 Å². The molecule has 0 atom stereocenters. The maximum atomic E-state index is 10.7. The maximum Gasteiger partial charge on any atom is 0.133 e. The molecule has 52 valence electrons. The minimum atomic E-state index is 0.391. The standard InChI is InChI=1S/C7H13NO/c1-2-7(9)3-4-8-5-6-8/h2-6H2,1H3. The lowest BCUT2D eigenvalue weighted by Gasteiger charge is -1.96. The van der Waals surface area contributed by atoms with E-state index in [1.807, 2.05) is 6.92 Å². The lowest BCUT2D eigenvalue weighted by Crippen LogP contribution is -2.05. The van der Waals surface area contributed by atoms with E-state index >= 15 is 0 Å². The molecule has 1 aliphatic rings. The number of carbonyl (C=O) groups is 1. The molecule has 0 spiro atoms. The van der Waals surface area contributed by atoms with Gasteiger partial charge in [-0.1, -0.05) is 6.92 Å². The summed E-state index contributed by atoms with van der Waals surface area (Å²) in [6, 6.07) is 0. The van der Waals surface area contributed by atoms with Crippen LogP contribution in [0, 0.1) is 0 Å². The van der Waals surface area contributed by atoms with Crippen LogP contribution in [0.2, 0.25) is 0 Å². The van der Waals surface area contributed by atoms with Crippen LogP contribution in [-0.4, -0.2) is 30.3 Å². The highest BCUT2D eigenvalue weighted by Gasteiger charge is 2.16. The second-order valence-electron chi connectivity index (χ2n) is 2.48. The van der Waals surface area contributed by atoms with E-state index in [1.54, 1.807) is 0 Å². The molecule has 0 aromatic heterocycles. The third-order valence-corrected chi connectivity index (χ3v) is 1.64. The molecular weight excluding hydrogens is 114 g/mol. The van der Waals surface area contributed by atoms with Gasteiger partial charge in [0.1, 0.15) is 5.78 Å². The van der Waals surface area contributed by atoms with Gasteiger partial charge in [-0.15, -0.1) is 0 Å². The zero-order chi connectivity index (χ0) is 6.69. The predicted octanol–water partition coefficient (Wildman–Crippen LogP) is 0.671. The van der Waals surface area contributed by atoms with E-state index in [0.717, 1.165) is 13.0 Å². The Kier molecular flexibility index (Phi) is 2.22. The SMILES string of the molecule is CCC(=O)CCN1CC1. The van der Waals surface area contributed by atoms with Crippen molar-refractivity contribution in [1.82, 2.24) is 4.90 Å². The van der Waals surface area contributed by atoms with E-state index in [9.17, 15) is 4.79 Å². The molecule has 0 aliphatic carbocycles. The van der Waals surface area contributed by atoms with Crippen LogP contribution in [0.5, 0.6) is 0 Å². The van der Waals surface area contributed by atoms with Gasteiger partial charge in [-0.3, -0.25) is 4.79 Å². The third-order valence-electron chi connectivity index (χ3n) is 1.64. The van der Waals surface area contributed by atoms with E-state index in [0.29, 0.717) is 12.2 Å². The van der Waals surface area contributed by atoms with Crippen LogP contribution in [0.4, 0.5) is 0 Å². The van der Waals surface area contributed by atoms with Crippen molar-refractivity contribution in [2.75, 3.05) is 19.6 Å². The Labute approximate surface area is 55.8 Å². The Morgan fingerprint density at radius 2 is 2.22 bits per heavy atom. The lowest BCUT2D eigenvalue weighted by molar-refractivity contribution is -0.118. The highest BCUT2D eigenvalue weighted by molar-refractivity contribution is 5.78. The Hall–Kier alpha value is -0.370. The molecule has 1 fully saturated rings. The molecule has 2 nitrogen and oxygen atoms in total. The van der Waals surface area contributed by atoms with Crippen molar-refractivity contribution < 1.29 is 4.79 Å². The van der Waals surface area contributed by atoms with Crippen molar-refractivity contribution in [2.45, 2.75) is 19.8 Å². The topological polar surface area (TPSA) is 20.1 Å². The fourth-order valence-electron chi connectivity index (χ4n) is 0.754. The van der Waals surface area contributed by atoms with Gasteiger partial charge in [0, 0.05) is 32.5 Å². The second-order valence-corrected chi connectivity index (χ2v) is 2.48. The van der Waals surface area contributed by atoms with E-state index in [4.69, 9.17) is 0 Å². The first kappa shape index (κ1) is 6.75. The number of rotatable bonds is 4.